The summed E-state index contributed by atoms with van der Waals surface area (Å²) in [6.45, 7) is 4.24. The molecule has 60 heavy (non-hydrogen) atoms. The van der Waals surface area contributed by atoms with E-state index in [0.717, 1.165) is 57.8 Å². The zero-order valence-corrected chi connectivity index (χ0v) is 40.8. The summed E-state index contributed by atoms with van der Waals surface area (Å²) in [5.74, 6) is -0.836. The second-order valence-corrected chi connectivity index (χ2v) is 19.6. The number of carbonyl (C=O) groups is 2. The molecule has 0 bridgehead atoms. The summed E-state index contributed by atoms with van der Waals surface area (Å²) in [6, 6.07) is 0. The number of quaternary nitrogens is 1. The molecular weight excluding hydrogens is 774 g/mol. The molecule has 2 atom stereocenters. The van der Waals surface area contributed by atoms with E-state index in [4.69, 9.17) is 18.5 Å². The Kier molecular flexibility index (Phi) is 41.7. The first-order valence-electron chi connectivity index (χ1n) is 25.0. The predicted octanol–water partition coefficient (Wildman–Crippen LogP) is 14.1. The number of likely N-dealkylation sites (N-methyl/N-ethyl adjacent to an activating group) is 1. The van der Waals surface area contributed by atoms with Crippen LogP contribution in [-0.2, 0) is 32.7 Å². The Morgan fingerprint density at radius 2 is 0.850 bits per heavy atom. The van der Waals surface area contributed by atoms with Crippen molar-refractivity contribution >= 4 is 19.8 Å². The first kappa shape index (κ1) is 58.5. The molecule has 0 aliphatic heterocycles. The standard InChI is InChI=1S/C50H96NO8P/c1-6-8-10-12-14-16-18-20-22-24-25-27-28-30-32-34-36-38-40-42-49(52)56-46-48(47-58-60(54,55)57-45-44-51(3,4)5)59-50(53)43-41-39-37-35-33-31-29-26-23-21-19-17-15-13-11-9-7-2/h21,23-25,48H,6-20,22,26-47H2,1-5H3/b23-21-,25-24-/t48-/m1/s1. The highest BCUT2D eigenvalue weighted by Crippen LogP contribution is 2.38. The number of rotatable bonds is 46. The van der Waals surface area contributed by atoms with Gasteiger partial charge in [0, 0.05) is 12.8 Å². The maximum Gasteiger partial charge on any atom is 0.306 e. The second-order valence-electron chi connectivity index (χ2n) is 18.2. The summed E-state index contributed by atoms with van der Waals surface area (Å²) in [5.41, 5.74) is 0. The van der Waals surface area contributed by atoms with Gasteiger partial charge in [-0.05, 0) is 64.2 Å². The summed E-state index contributed by atoms with van der Waals surface area (Å²) in [4.78, 5) is 37.7. The van der Waals surface area contributed by atoms with Crippen LogP contribution < -0.4 is 4.89 Å². The van der Waals surface area contributed by atoms with Crippen LogP contribution in [0.3, 0.4) is 0 Å². The van der Waals surface area contributed by atoms with Gasteiger partial charge in [0.15, 0.2) is 6.10 Å². The molecule has 0 rings (SSSR count). The average molecular weight is 870 g/mol. The van der Waals surface area contributed by atoms with E-state index in [9.17, 15) is 19.0 Å². The van der Waals surface area contributed by atoms with E-state index in [1.54, 1.807) is 0 Å². The molecule has 1 unspecified atom stereocenters. The van der Waals surface area contributed by atoms with Crippen LogP contribution in [0.5, 0.6) is 0 Å². The summed E-state index contributed by atoms with van der Waals surface area (Å²) in [5, 5.41) is 0. The van der Waals surface area contributed by atoms with Crippen LogP contribution in [0, 0.1) is 0 Å². The molecule has 10 heteroatoms. The number of nitrogens with zero attached hydrogens (tertiary/aromatic N) is 1. The molecule has 0 aliphatic carbocycles. The molecule has 0 radical (unpaired) electrons. The quantitative estimate of drug-likeness (QED) is 0.0195. The van der Waals surface area contributed by atoms with Crippen molar-refractivity contribution in [3.05, 3.63) is 24.3 Å². The Bertz CT molecular complexity index is 1070. The van der Waals surface area contributed by atoms with Crippen molar-refractivity contribution in [2.75, 3.05) is 47.5 Å². The highest BCUT2D eigenvalue weighted by molar-refractivity contribution is 7.45. The van der Waals surface area contributed by atoms with Crippen molar-refractivity contribution in [2.45, 2.75) is 238 Å². The van der Waals surface area contributed by atoms with Crippen molar-refractivity contribution in [3.63, 3.8) is 0 Å². The first-order valence-corrected chi connectivity index (χ1v) is 26.5. The molecule has 0 saturated heterocycles. The van der Waals surface area contributed by atoms with Gasteiger partial charge >= 0.3 is 11.9 Å². The van der Waals surface area contributed by atoms with Gasteiger partial charge in [0.2, 0.25) is 0 Å². The van der Waals surface area contributed by atoms with Gasteiger partial charge in [-0.15, -0.1) is 0 Å². The fourth-order valence-corrected chi connectivity index (χ4v) is 7.73. The van der Waals surface area contributed by atoms with Gasteiger partial charge in [0.05, 0.1) is 27.7 Å². The van der Waals surface area contributed by atoms with Gasteiger partial charge in [-0.2, -0.15) is 0 Å². The van der Waals surface area contributed by atoms with E-state index in [-0.39, 0.29) is 32.0 Å². The van der Waals surface area contributed by atoms with Crippen LogP contribution in [0.4, 0.5) is 0 Å². The molecule has 9 nitrogen and oxygen atoms in total. The fourth-order valence-electron chi connectivity index (χ4n) is 7.00. The molecule has 0 aliphatic rings. The average Bonchev–Trinajstić information content (AvgIpc) is 3.20. The Morgan fingerprint density at radius 3 is 1.23 bits per heavy atom. The maximum absolute atomic E-state index is 12.7. The lowest BCUT2D eigenvalue weighted by Crippen LogP contribution is -2.37. The number of ether oxygens (including phenoxy) is 2. The molecule has 0 saturated carbocycles. The molecule has 0 aromatic carbocycles. The van der Waals surface area contributed by atoms with Crippen LogP contribution in [0.15, 0.2) is 24.3 Å². The largest absolute Gasteiger partial charge is 0.756 e. The Hall–Kier alpha value is -1.51. The lowest BCUT2D eigenvalue weighted by Gasteiger charge is -2.28. The Morgan fingerprint density at radius 1 is 0.500 bits per heavy atom. The van der Waals surface area contributed by atoms with Crippen LogP contribution in [0.25, 0.3) is 0 Å². The minimum absolute atomic E-state index is 0.0309. The molecule has 0 fully saturated rings. The van der Waals surface area contributed by atoms with Gasteiger partial charge < -0.3 is 27.9 Å². The molecule has 0 heterocycles. The number of phosphoric ester groups is 1. The number of phosphoric acid groups is 1. The van der Waals surface area contributed by atoms with Gasteiger partial charge in [-0.1, -0.05) is 179 Å². The topological polar surface area (TPSA) is 111 Å². The lowest BCUT2D eigenvalue weighted by molar-refractivity contribution is -0.870. The molecule has 0 aromatic rings. The zero-order valence-electron chi connectivity index (χ0n) is 39.9. The van der Waals surface area contributed by atoms with Crippen LogP contribution in [-0.4, -0.2) is 70.0 Å². The number of hydrogen-bond donors (Lipinski definition) is 0. The first-order chi connectivity index (χ1) is 29.0. The second kappa shape index (κ2) is 42.8. The summed E-state index contributed by atoms with van der Waals surface area (Å²) >= 11 is 0. The van der Waals surface area contributed by atoms with Crippen LogP contribution in [0.1, 0.15) is 232 Å². The van der Waals surface area contributed by atoms with E-state index < -0.39 is 26.5 Å². The van der Waals surface area contributed by atoms with E-state index >= 15 is 0 Å². The van der Waals surface area contributed by atoms with Crippen molar-refractivity contribution in [3.8, 4) is 0 Å². The van der Waals surface area contributed by atoms with Crippen molar-refractivity contribution in [1.82, 2.24) is 0 Å². The third-order valence-corrected chi connectivity index (χ3v) is 11.9. The van der Waals surface area contributed by atoms with E-state index in [0.29, 0.717) is 17.4 Å². The molecule has 0 aromatic heterocycles. The van der Waals surface area contributed by atoms with Crippen molar-refractivity contribution < 1.29 is 42.1 Å². The molecule has 0 spiro atoms. The highest BCUT2D eigenvalue weighted by atomic mass is 31.2. The van der Waals surface area contributed by atoms with Crippen LogP contribution in [0.2, 0.25) is 0 Å². The smallest absolute Gasteiger partial charge is 0.306 e. The summed E-state index contributed by atoms with van der Waals surface area (Å²) in [6.07, 6.45) is 47.7. The molecule has 0 amide bonds. The Labute approximate surface area is 370 Å². The fraction of sp³-hybridized carbons (Fsp3) is 0.880. The van der Waals surface area contributed by atoms with Crippen molar-refractivity contribution in [1.29, 1.82) is 0 Å². The van der Waals surface area contributed by atoms with Gasteiger partial charge in [0.25, 0.3) is 7.82 Å². The third-order valence-electron chi connectivity index (χ3n) is 10.9. The monoisotopic (exact) mass is 870 g/mol. The summed E-state index contributed by atoms with van der Waals surface area (Å²) in [7, 11) is 1.17. The van der Waals surface area contributed by atoms with E-state index in [1.807, 2.05) is 21.1 Å². The zero-order chi connectivity index (χ0) is 44.3. The minimum atomic E-state index is -4.63. The highest BCUT2D eigenvalue weighted by Gasteiger charge is 2.21. The number of hydrogen-bond acceptors (Lipinski definition) is 8. The number of esters is 2. The minimum Gasteiger partial charge on any atom is -0.756 e. The number of unbranched alkanes of at least 4 members (excludes halogenated alkanes) is 28. The number of allylic oxidation sites excluding steroid dienone is 4. The third kappa shape index (κ3) is 46.0. The lowest BCUT2D eigenvalue weighted by atomic mass is 10.1. The van der Waals surface area contributed by atoms with Crippen molar-refractivity contribution in [2.24, 2.45) is 0 Å². The van der Waals surface area contributed by atoms with Gasteiger partial charge in [-0.25, -0.2) is 0 Å². The van der Waals surface area contributed by atoms with E-state index in [1.165, 1.54) is 141 Å². The normalized spacial score (nSPS) is 13.6. The molecular formula is C50H96NO8P. The SMILES string of the molecule is CCCCCCCC/C=C\CCCCCCCCCC(=O)O[C@H](COC(=O)CCCCCCCCC/C=C\CCCCCCCCCC)COP(=O)([O-])OCC[N+](C)(C)C. The van der Waals surface area contributed by atoms with Gasteiger partial charge in [0.1, 0.15) is 19.8 Å². The summed E-state index contributed by atoms with van der Waals surface area (Å²) < 4.78 is 34.0. The molecule has 354 valence electrons. The Balaban J connectivity index is 4.27. The van der Waals surface area contributed by atoms with E-state index in [2.05, 4.69) is 38.2 Å². The molecule has 0 N–H and O–H groups in total. The number of carbonyl (C=O) groups excluding carboxylic acids is 2. The maximum atomic E-state index is 12.7. The van der Waals surface area contributed by atoms with Crippen LogP contribution >= 0.6 is 7.82 Å². The predicted molar refractivity (Wildman–Crippen MR) is 250 cm³/mol. The van der Waals surface area contributed by atoms with Gasteiger partial charge in [-0.3, -0.25) is 14.2 Å².